The van der Waals surface area contributed by atoms with Crippen molar-refractivity contribution in [2.24, 2.45) is 0 Å². The van der Waals surface area contributed by atoms with Gasteiger partial charge in [-0.15, -0.1) is 0 Å². The zero-order chi connectivity index (χ0) is 14.2. The molecule has 0 bridgehead atoms. The van der Waals surface area contributed by atoms with Crippen LogP contribution in [0.25, 0.3) is 11.0 Å². The predicted molar refractivity (Wildman–Crippen MR) is 71.6 cm³/mol. The van der Waals surface area contributed by atoms with Crippen LogP contribution in [0.1, 0.15) is 6.42 Å². The summed E-state index contributed by atoms with van der Waals surface area (Å²) in [5.41, 5.74) is 0.338. The number of fused-ring (bicyclic) bond motifs is 1. The van der Waals surface area contributed by atoms with Gasteiger partial charge < -0.3 is 20.1 Å². The molecule has 1 fully saturated rings. The number of non-ortho nitro benzene ring substituents is 1. The predicted octanol–water partition coefficient (Wildman–Crippen LogP) is 1.03. The monoisotopic (exact) mass is 278 g/mol. The lowest BCUT2D eigenvalue weighted by Gasteiger charge is -2.20. The maximum absolute atomic E-state index is 10.7. The van der Waals surface area contributed by atoms with Crippen LogP contribution in [0.5, 0.6) is 0 Å². The Balaban J connectivity index is 1.77. The van der Waals surface area contributed by atoms with Crippen molar-refractivity contribution in [2.45, 2.75) is 12.0 Å². The van der Waals surface area contributed by atoms with E-state index in [1.807, 2.05) is 0 Å². The van der Waals surface area contributed by atoms with Crippen LogP contribution >= 0.6 is 0 Å². The lowest BCUT2D eigenvalue weighted by molar-refractivity contribution is -0.384. The fraction of sp³-hybridized carbons (Fsp3) is 0.417. The fourth-order valence-electron chi connectivity index (χ4n) is 2.18. The number of anilines is 1. The number of nitrogens with one attached hydrogen (secondary N) is 2. The van der Waals surface area contributed by atoms with Crippen LogP contribution in [0.4, 0.5) is 11.6 Å². The molecule has 106 valence electrons. The van der Waals surface area contributed by atoms with E-state index >= 15 is 0 Å². The number of aromatic amines is 1. The third kappa shape index (κ3) is 2.43. The van der Waals surface area contributed by atoms with Gasteiger partial charge in [0.15, 0.2) is 0 Å². The maximum atomic E-state index is 10.7. The number of hydrogen-bond acceptors (Lipinski definition) is 6. The topological polar surface area (TPSA) is 113 Å². The van der Waals surface area contributed by atoms with Gasteiger partial charge in [0.1, 0.15) is 5.60 Å². The van der Waals surface area contributed by atoms with Gasteiger partial charge in [0.25, 0.3) is 5.69 Å². The first-order valence-electron chi connectivity index (χ1n) is 6.24. The molecule has 1 saturated heterocycles. The van der Waals surface area contributed by atoms with Gasteiger partial charge in [-0.1, -0.05) is 0 Å². The van der Waals surface area contributed by atoms with Crippen molar-refractivity contribution in [3.63, 3.8) is 0 Å². The molecule has 1 aromatic heterocycles. The third-order valence-corrected chi connectivity index (χ3v) is 3.34. The number of rotatable bonds is 4. The average Bonchev–Trinajstić information content (AvgIpc) is 3.01. The zero-order valence-electron chi connectivity index (χ0n) is 10.6. The molecule has 2 aromatic rings. The molecular formula is C12H14N4O4. The van der Waals surface area contributed by atoms with Crippen LogP contribution in [-0.4, -0.2) is 45.4 Å². The van der Waals surface area contributed by atoms with Crippen LogP contribution in [-0.2, 0) is 4.74 Å². The molecule has 0 radical (unpaired) electrons. The van der Waals surface area contributed by atoms with Gasteiger partial charge in [0, 0.05) is 31.7 Å². The van der Waals surface area contributed by atoms with Gasteiger partial charge >= 0.3 is 0 Å². The van der Waals surface area contributed by atoms with Gasteiger partial charge in [-0.25, -0.2) is 4.98 Å². The minimum atomic E-state index is -0.884. The fourth-order valence-corrected chi connectivity index (χ4v) is 2.18. The highest BCUT2D eigenvalue weighted by Gasteiger charge is 2.32. The summed E-state index contributed by atoms with van der Waals surface area (Å²) in [4.78, 5) is 17.5. The molecule has 3 N–H and O–H groups in total. The number of nitro groups is 1. The van der Waals surface area contributed by atoms with Crippen molar-refractivity contribution >= 4 is 22.7 Å². The summed E-state index contributed by atoms with van der Waals surface area (Å²) >= 11 is 0. The normalized spacial score (nSPS) is 22.2. The van der Waals surface area contributed by atoms with E-state index in [2.05, 4.69) is 15.3 Å². The quantitative estimate of drug-likeness (QED) is 0.568. The third-order valence-electron chi connectivity index (χ3n) is 3.34. The molecule has 20 heavy (non-hydrogen) atoms. The van der Waals surface area contributed by atoms with Gasteiger partial charge in [0.05, 0.1) is 22.6 Å². The van der Waals surface area contributed by atoms with Crippen LogP contribution in [0.2, 0.25) is 0 Å². The number of nitro benzene ring substituents is 1. The number of aromatic nitrogens is 2. The highest BCUT2D eigenvalue weighted by Crippen LogP contribution is 2.22. The molecule has 1 aromatic carbocycles. The van der Waals surface area contributed by atoms with Crippen LogP contribution in [0.15, 0.2) is 18.2 Å². The minimum Gasteiger partial charge on any atom is -0.386 e. The highest BCUT2D eigenvalue weighted by molar-refractivity contribution is 5.79. The first-order valence-corrected chi connectivity index (χ1v) is 6.24. The van der Waals surface area contributed by atoms with Gasteiger partial charge in [0.2, 0.25) is 5.95 Å². The number of aliphatic hydroxyl groups is 1. The second kappa shape index (κ2) is 4.73. The summed E-state index contributed by atoms with van der Waals surface area (Å²) in [5.74, 6) is 0.473. The number of benzene rings is 1. The molecule has 8 nitrogen and oxygen atoms in total. The second-order valence-electron chi connectivity index (χ2n) is 4.92. The molecule has 0 spiro atoms. The molecular weight excluding hydrogens is 264 g/mol. The number of imidazole rings is 1. The van der Waals surface area contributed by atoms with Gasteiger partial charge in [-0.05, 0) is 6.07 Å². The van der Waals surface area contributed by atoms with E-state index in [1.165, 1.54) is 12.1 Å². The smallest absolute Gasteiger partial charge is 0.271 e. The molecule has 1 atom stereocenters. The SMILES string of the molecule is O=[N+]([O-])c1ccc2nc(NCC3(O)CCOC3)[nH]c2c1. The first-order chi connectivity index (χ1) is 9.56. The number of ether oxygens (including phenoxy) is 1. The largest absolute Gasteiger partial charge is 0.386 e. The van der Waals surface area contributed by atoms with Gasteiger partial charge in [-0.3, -0.25) is 10.1 Å². The molecule has 0 amide bonds. The van der Waals surface area contributed by atoms with Crippen molar-refractivity contribution in [1.29, 1.82) is 0 Å². The van der Waals surface area contributed by atoms with Crippen molar-refractivity contribution < 1.29 is 14.8 Å². The van der Waals surface area contributed by atoms with Crippen molar-refractivity contribution in [3.05, 3.63) is 28.3 Å². The van der Waals surface area contributed by atoms with Crippen molar-refractivity contribution in [2.75, 3.05) is 25.1 Å². The molecule has 1 unspecified atom stereocenters. The van der Waals surface area contributed by atoms with Crippen molar-refractivity contribution in [3.8, 4) is 0 Å². The summed E-state index contributed by atoms with van der Waals surface area (Å²) in [5, 5.41) is 23.8. The van der Waals surface area contributed by atoms with E-state index in [4.69, 9.17) is 4.74 Å². The molecule has 1 aliphatic rings. The Kier molecular flexibility index (Phi) is 3.03. The Morgan fingerprint density at radius 1 is 1.60 bits per heavy atom. The summed E-state index contributed by atoms with van der Waals surface area (Å²) < 4.78 is 5.15. The first kappa shape index (κ1) is 12.8. The zero-order valence-corrected chi connectivity index (χ0v) is 10.6. The molecule has 0 saturated carbocycles. The van der Waals surface area contributed by atoms with Crippen LogP contribution in [0.3, 0.4) is 0 Å². The summed E-state index contributed by atoms with van der Waals surface area (Å²) in [6.07, 6.45) is 0.575. The molecule has 8 heteroatoms. The minimum absolute atomic E-state index is 0.00974. The second-order valence-corrected chi connectivity index (χ2v) is 4.92. The van der Waals surface area contributed by atoms with E-state index in [0.717, 1.165) is 0 Å². The van der Waals surface area contributed by atoms with E-state index in [9.17, 15) is 15.2 Å². The number of hydrogen-bond donors (Lipinski definition) is 3. The summed E-state index contributed by atoms with van der Waals surface area (Å²) in [6, 6.07) is 4.43. The van der Waals surface area contributed by atoms with Crippen LogP contribution < -0.4 is 5.32 Å². The lowest BCUT2D eigenvalue weighted by atomic mass is 10.0. The lowest BCUT2D eigenvalue weighted by Crippen LogP contribution is -2.37. The van der Waals surface area contributed by atoms with E-state index < -0.39 is 10.5 Å². The van der Waals surface area contributed by atoms with Gasteiger partial charge in [-0.2, -0.15) is 0 Å². The number of nitrogens with zero attached hydrogens (tertiary/aromatic N) is 2. The van der Waals surface area contributed by atoms with Crippen molar-refractivity contribution in [1.82, 2.24) is 9.97 Å². The van der Waals surface area contributed by atoms with Crippen LogP contribution in [0, 0.1) is 10.1 Å². The number of H-pyrrole nitrogens is 1. The Morgan fingerprint density at radius 3 is 3.15 bits per heavy atom. The highest BCUT2D eigenvalue weighted by atomic mass is 16.6. The van der Waals surface area contributed by atoms with E-state index in [1.54, 1.807) is 6.07 Å². The maximum Gasteiger partial charge on any atom is 0.271 e. The molecule has 3 rings (SSSR count). The molecule has 1 aliphatic heterocycles. The Labute approximate surface area is 113 Å². The Bertz CT molecular complexity index is 648. The Morgan fingerprint density at radius 2 is 2.45 bits per heavy atom. The van der Waals surface area contributed by atoms with E-state index in [-0.39, 0.29) is 5.69 Å². The Hall–Kier alpha value is -2.19. The molecule has 2 heterocycles. The molecule has 0 aliphatic carbocycles. The summed E-state index contributed by atoms with van der Waals surface area (Å²) in [6.45, 7) is 1.16. The standard InChI is InChI=1S/C12H14N4O4/c17-12(3-4-20-7-12)6-13-11-14-9-2-1-8(16(18)19)5-10(9)15-11/h1-2,5,17H,3-4,6-7H2,(H2,13,14,15). The summed E-state index contributed by atoms with van der Waals surface area (Å²) in [7, 11) is 0. The van der Waals surface area contributed by atoms with E-state index in [0.29, 0.717) is 43.2 Å². The average molecular weight is 278 g/mol.